The summed E-state index contributed by atoms with van der Waals surface area (Å²) in [6.45, 7) is 6.43. The summed E-state index contributed by atoms with van der Waals surface area (Å²) >= 11 is 0. The molecule has 0 saturated heterocycles. The number of carbonyl (C=O) groups excluding carboxylic acids is 3. The molecule has 0 saturated carbocycles. The summed E-state index contributed by atoms with van der Waals surface area (Å²) in [5, 5.41) is 0. The second kappa shape index (κ2) is 57.6. The number of esters is 3. The van der Waals surface area contributed by atoms with Gasteiger partial charge in [-0.1, -0.05) is 246 Å². The molecule has 0 aliphatic carbocycles. The molecule has 0 bridgehead atoms. The number of carbonyl (C=O) groups is 3. The van der Waals surface area contributed by atoms with Crippen molar-refractivity contribution in [2.45, 2.75) is 264 Å². The molecule has 70 heavy (non-hydrogen) atoms. The average Bonchev–Trinajstić information content (AvgIpc) is 3.36. The molecule has 0 aliphatic rings. The molecule has 0 radical (unpaired) electrons. The lowest BCUT2D eigenvalue weighted by atomic mass is 10.1. The molecule has 398 valence electrons. The lowest BCUT2D eigenvalue weighted by Gasteiger charge is -2.18. The highest BCUT2D eigenvalue weighted by atomic mass is 16.6. The van der Waals surface area contributed by atoms with Crippen LogP contribution in [-0.4, -0.2) is 37.2 Å². The van der Waals surface area contributed by atoms with E-state index in [0.29, 0.717) is 19.3 Å². The van der Waals surface area contributed by atoms with Gasteiger partial charge in [-0.3, -0.25) is 14.4 Å². The van der Waals surface area contributed by atoms with E-state index < -0.39 is 6.10 Å². The maximum absolute atomic E-state index is 12.8. The Labute approximate surface area is 431 Å². The smallest absolute Gasteiger partial charge is 0.306 e. The number of hydrogen-bond acceptors (Lipinski definition) is 6. The molecule has 0 rings (SSSR count). The second-order valence-corrected chi connectivity index (χ2v) is 18.8. The average molecular weight is 972 g/mol. The molecule has 0 heterocycles. The first-order chi connectivity index (χ1) is 34.5. The van der Waals surface area contributed by atoms with E-state index in [-0.39, 0.29) is 31.1 Å². The zero-order valence-corrected chi connectivity index (χ0v) is 45.5. The topological polar surface area (TPSA) is 78.9 Å². The normalized spacial score (nSPS) is 12.9. The first kappa shape index (κ1) is 66.1. The van der Waals surface area contributed by atoms with E-state index in [1.54, 1.807) is 0 Å². The summed E-state index contributed by atoms with van der Waals surface area (Å²) in [6, 6.07) is 0. The van der Waals surface area contributed by atoms with Crippen LogP contribution in [0.5, 0.6) is 0 Å². The highest BCUT2D eigenvalue weighted by molar-refractivity contribution is 5.71. The molecule has 0 aliphatic heterocycles. The third-order valence-electron chi connectivity index (χ3n) is 12.0. The maximum Gasteiger partial charge on any atom is 0.306 e. The van der Waals surface area contributed by atoms with Gasteiger partial charge in [0.15, 0.2) is 6.10 Å². The number of unbranched alkanes of at least 4 members (excludes halogenated alkanes) is 22. The van der Waals surface area contributed by atoms with E-state index >= 15 is 0 Å². The molecule has 1 unspecified atom stereocenters. The molecule has 0 aromatic rings. The maximum atomic E-state index is 12.8. The van der Waals surface area contributed by atoms with Crippen LogP contribution >= 0.6 is 0 Å². The van der Waals surface area contributed by atoms with Crippen molar-refractivity contribution in [3.05, 3.63) is 109 Å². The van der Waals surface area contributed by atoms with Gasteiger partial charge in [0.25, 0.3) is 0 Å². The third-order valence-corrected chi connectivity index (χ3v) is 12.0. The Morgan fingerprint density at radius 1 is 0.300 bits per heavy atom. The highest BCUT2D eigenvalue weighted by Crippen LogP contribution is 2.15. The fraction of sp³-hybridized carbons (Fsp3) is 0.672. The summed E-state index contributed by atoms with van der Waals surface area (Å²) in [5.41, 5.74) is 0. The Balaban J connectivity index is 4.21. The minimum absolute atomic E-state index is 0.0861. The van der Waals surface area contributed by atoms with Crippen LogP contribution < -0.4 is 0 Å². The summed E-state index contributed by atoms with van der Waals surface area (Å²) in [4.78, 5) is 38.0. The molecule has 0 spiro atoms. The SMILES string of the molecule is CC/C=C\C/C=C\C/C=C\C/C=C\C/C=C\C/C=C\C/C=C\C/C=C\CCCCCCCCC(=O)OCC(COC(=O)CCCCCCC/C=C\CCC)OC(=O)CCCCCCCCCCCCC. The minimum atomic E-state index is -0.785. The van der Waals surface area contributed by atoms with Gasteiger partial charge in [0.05, 0.1) is 0 Å². The van der Waals surface area contributed by atoms with E-state index in [1.807, 2.05) is 0 Å². The van der Waals surface area contributed by atoms with Gasteiger partial charge in [-0.2, -0.15) is 0 Å². The van der Waals surface area contributed by atoms with Crippen LogP contribution in [0.25, 0.3) is 0 Å². The van der Waals surface area contributed by atoms with Crippen LogP contribution in [-0.2, 0) is 28.6 Å². The van der Waals surface area contributed by atoms with Crippen molar-refractivity contribution < 1.29 is 28.6 Å². The Hall–Kier alpha value is -3.93. The van der Waals surface area contributed by atoms with Gasteiger partial charge < -0.3 is 14.2 Å². The predicted molar refractivity (Wildman–Crippen MR) is 302 cm³/mol. The van der Waals surface area contributed by atoms with Crippen molar-refractivity contribution >= 4 is 17.9 Å². The molecule has 0 amide bonds. The van der Waals surface area contributed by atoms with Crippen LogP contribution in [0.4, 0.5) is 0 Å². The minimum Gasteiger partial charge on any atom is -0.462 e. The molecule has 6 nitrogen and oxygen atoms in total. The van der Waals surface area contributed by atoms with Crippen LogP contribution in [0.1, 0.15) is 258 Å². The van der Waals surface area contributed by atoms with E-state index in [9.17, 15) is 14.4 Å². The first-order valence-corrected chi connectivity index (χ1v) is 28.9. The van der Waals surface area contributed by atoms with Gasteiger partial charge in [0.2, 0.25) is 0 Å². The van der Waals surface area contributed by atoms with Gasteiger partial charge in [-0.15, -0.1) is 0 Å². The fourth-order valence-corrected chi connectivity index (χ4v) is 7.70. The monoisotopic (exact) mass is 971 g/mol. The lowest BCUT2D eigenvalue weighted by Crippen LogP contribution is -2.30. The Morgan fingerprint density at radius 2 is 0.586 bits per heavy atom. The van der Waals surface area contributed by atoms with Gasteiger partial charge in [-0.05, 0) is 103 Å². The van der Waals surface area contributed by atoms with Crippen LogP contribution in [0.15, 0.2) is 109 Å². The Kier molecular flexibility index (Phi) is 54.4. The standard InChI is InChI=1S/C64H106O6/c1-4-7-10-13-16-19-22-23-24-25-26-27-28-29-30-31-32-33-34-35-36-37-38-39-40-41-43-45-48-51-54-57-63(66)69-60-61(59-68-62(65)56-53-50-47-44-21-18-15-12-9-6-3)70-64(67)58-55-52-49-46-42-20-17-14-11-8-5-2/h7,10,12,15-16,19,23-24,26-27,29-30,32-33,35-36,38-39,61H,4-6,8-9,11,13-14,17-18,20-22,25,28,31,34,37,40-60H2,1-3H3/b10-7-,15-12-,19-16-,24-23-,27-26-,30-29-,33-32-,36-35-,39-38-. The van der Waals surface area contributed by atoms with Gasteiger partial charge in [-0.25, -0.2) is 0 Å². The molecule has 0 fully saturated rings. The van der Waals surface area contributed by atoms with Crippen molar-refractivity contribution in [1.82, 2.24) is 0 Å². The van der Waals surface area contributed by atoms with Crippen LogP contribution in [0.2, 0.25) is 0 Å². The zero-order valence-electron chi connectivity index (χ0n) is 45.5. The number of hydrogen-bond donors (Lipinski definition) is 0. The summed E-state index contributed by atoms with van der Waals surface area (Å²) in [7, 11) is 0. The fourth-order valence-electron chi connectivity index (χ4n) is 7.70. The number of rotatable bonds is 51. The van der Waals surface area contributed by atoms with E-state index in [1.165, 1.54) is 83.5 Å². The predicted octanol–water partition coefficient (Wildman–Crippen LogP) is 19.5. The van der Waals surface area contributed by atoms with Crippen molar-refractivity contribution in [1.29, 1.82) is 0 Å². The number of ether oxygens (including phenoxy) is 3. The quantitative estimate of drug-likeness (QED) is 0.0262. The third kappa shape index (κ3) is 55.0. The van der Waals surface area contributed by atoms with Crippen molar-refractivity contribution in [2.24, 2.45) is 0 Å². The summed E-state index contributed by atoms with van der Waals surface area (Å²) in [6.07, 6.45) is 78.1. The Bertz CT molecular complexity index is 1440. The van der Waals surface area contributed by atoms with Crippen molar-refractivity contribution in [2.75, 3.05) is 13.2 Å². The van der Waals surface area contributed by atoms with Crippen molar-refractivity contribution in [3.8, 4) is 0 Å². The molecule has 1 atom stereocenters. The Morgan fingerprint density at radius 3 is 0.943 bits per heavy atom. The molecule has 0 N–H and O–H groups in total. The zero-order chi connectivity index (χ0) is 50.7. The first-order valence-electron chi connectivity index (χ1n) is 28.9. The lowest BCUT2D eigenvalue weighted by molar-refractivity contribution is -0.167. The molecule has 6 heteroatoms. The number of allylic oxidation sites excluding steroid dienone is 18. The van der Waals surface area contributed by atoms with E-state index in [0.717, 1.165) is 135 Å². The summed E-state index contributed by atoms with van der Waals surface area (Å²) in [5.74, 6) is -0.912. The van der Waals surface area contributed by atoms with Crippen LogP contribution in [0, 0.1) is 0 Å². The second-order valence-electron chi connectivity index (χ2n) is 18.8. The molecule has 0 aromatic carbocycles. The van der Waals surface area contributed by atoms with Gasteiger partial charge in [0.1, 0.15) is 13.2 Å². The summed E-state index contributed by atoms with van der Waals surface area (Å²) < 4.78 is 16.8. The highest BCUT2D eigenvalue weighted by Gasteiger charge is 2.19. The molecular weight excluding hydrogens is 865 g/mol. The molecular formula is C64H106O6. The largest absolute Gasteiger partial charge is 0.462 e. The van der Waals surface area contributed by atoms with E-state index in [4.69, 9.17) is 14.2 Å². The molecule has 0 aromatic heterocycles. The van der Waals surface area contributed by atoms with Crippen molar-refractivity contribution in [3.63, 3.8) is 0 Å². The van der Waals surface area contributed by atoms with E-state index in [2.05, 4.69) is 130 Å². The van der Waals surface area contributed by atoms with Crippen LogP contribution in [0.3, 0.4) is 0 Å². The van der Waals surface area contributed by atoms with Gasteiger partial charge >= 0.3 is 17.9 Å². The van der Waals surface area contributed by atoms with Gasteiger partial charge in [0, 0.05) is 19.3 Å².